The quantitative estimate of drug-likeness (QED) is 0.915. The molecule has 21 heavy (non-hydrogen) atoms. The van der Waals surface area contributed by atoms with E-state index in [1.165, 1.54) is 19.3 Å². The molecule has 0 aliphatic heterocycles. The molecule has 0 bridgehead atoms. The molecule has 0 aromatic carbocycles. The highest BCUT2D eigenvalue weighted by molar-refractivity contribution is 5.36. The van der Waals surface area contributed by atoms with Gasteiger partial charge in [0.25, 0.3) is 0 Å². The van der Waals surface area contributed by atoms with Crippen molar-refractivity contribution in [3.8, 4) is 5.88 Å². The minimum atomic E-state index is 0.290. The van der Waals surface area contributed by atoms with Crippen LogP contribution in [0.4, 0.5) is 5.82 Å². The van der Waals surface area contributed by atoms with Crippen molar-refractivity contribution in [2.75, 3.05) is 11.9 Å². The fourth-order valence-corrected chi connectivity index (χ4v) is 2.62. The van der Waals surface area contributed by atoms with Crippen LogP contribution in [-0.4, -0.2) is 33.1 Å². The van der Waals surface area contributed by atoms with Gasteiger partial charge in [0.1, 0.15) is 11.9 Å². The van der Waals surface area contributed by atoms with Gasteiger partial charge in [-0.05, 0) is 25.7 Å². The molecule has 1 saturated carbocycles. The first-order valence-electron chi connectivity index (χ1n) is 7.49. The molecule has 0 radical (unpaired) electrons. The summed E-state index contributed by atoms with van der Waals surface area (Å²) in [5, 5.41) is 0. The van der Waals surface area contributed by atoms with E-state index in [4.69, 9.17) is 4.74 Å². The van der Waals surface area contributed by atoms with Crippen LogP contribution in [0.1, 0.15) is 37.9 Å². The van der Waals surface area contributed by atoms with Gasteiger partial charge in [-0.2, -0.15) is 4.98 Å². The number of aromatic nitrogens is 4. The van der Waals surface area contributed by atoms with Gasteiger partial charge in [0.15, 0.2) is 5.82 Å². The van der Waals surface area contributed by atoms with E-state index in [1.807, 2.05) is 18.1 Å². The molecular weight excluding hydrogens is 266 g/mol. The van der Waals surface area contributed by atoms with Gasteiger partial charge in [0, 0.05) is 19.4 Å². The molecule has 6 nitrogen and oxygen atoms in total. The Morgan fingerprint density at radius 1 is 1.29 bits per heavy atom. The van der Waals surface area contributed by atoms with E-state index in [0.29, 0.717) is 18.5 Å². The number of hydrogen-bond donors (Lipinski definition) is 1. The molecule has 1 aliphatic carbocycles. The molecule has 0 amide bonds. The Bertz CT molecular complexity index is 551. The third kappa shape index (κ3) is 3.71. The lowest BCUT2D eigenvalue weighted by Crippen LogP contribution is -2.22. The van der Waals surface area contributed by atoms with E-state index in [1.54, 1.807) is 18.6 Å². The van der Waals surface area contributed by atoms with Crippen molar-refractivity contribution in [1.82, 2.24) is 19.9 Å². The van der Waals surface area contributed by atoms with Crippen molar-refractivity contribution >= 4 is 5.82 Å². The zero-order chi connectivity index (χ0) is 14.5. The predicted octanol–water partition coefficient (Wildman–Crippen LogP) is 2.55. The molecule has 2 heterocycles. The number of H-pyrrole nitrogens is 1. The number of imidazole rings is 1. The minimum absolute atomic E-state index is 0.290. The van der Waals surface area contributed by atoms with Crippen LogP contribution in [0.3, 0.4) is 0 Å². The molecule has 2 aromatic heterocycles. The fourth-order valence-electron chi connectivity index (χ4n) is 2.62. The third-order valence-corrected chi connectivity index (χ3v) is 3.77. The molecule has 1 aliphatic rings. The second-order valence-electron chi connectivity index (χ2n) is 5.49. The zero-order valence-corrected chi connectivity index (χ0v) is 12.3. The highest BCUT2D eigenvalue weighted by atomic mass is 16.5. The summed E-state index contributed by atoms with van der Waals surface area (Å²) in [4.78, 5) is 18.1. The highest BCUT2D eigenvalue weighted by Gasteiger charge is 2.16. The van der Waals surface area contributed by atoms with Gasteiger partial charge in [0.05, 0.1) is 18.9 Å². The average molecular weight is 287 g/mol. The number of rotatable bonds is 5. The number of aromatic amines is 1. The Morgan fingerprint density at radius 2 is 2.14 bits per heavy atom. The first-order valence-corrected chi connectivity index (χ1v) is 7.49. The maximum Gasteiger partial charge on any atom is 0.234 e. The number of anilines is 1. The molecule has 0 spiro atoms. The van der Waals surface area contributed by atoms with E-state index in [0.717, 1.165) is 24.5 Å². The van der Waals surface area contributed by atoms with Crippen molar-refractivity contribution in [3.05, 3.63) is 30.6 Å². The summed E-state index contributed by atoms with van der Waals surface area (Å²) in [6.45, 7) is 0.661. The summed E-state index contributed by atoms with van der Waals surface area (Å²) >= 11 is 0. The molecule has 6 heteroatoms. The number of ether oxygens (including phenoxy) is 1. The van der Waals surface area contributed by atoms with Gasteiger partial charge in [-0.25, -0.2) is 4.98 Å². The average Bonchev–Trinajstić information content (AvgIpc) is 3.01. The minimum Gasteiger partial charge on any atom is -0.473 e. The highest BCUT2D eigenvalue weighted by Crippen LogP contribution is 2.23. The van der Waals surface area contributed by atoms with Crippen molar-refractivity contribution in [2.45, 2.75) is 44.8 Å². The summed E-state index contributed by atoms with van der Waals surface area (Å²) in [6, 6.07) is 0. The molecule has 1 N–H and O–H groups in total. The standard InChI is InChI=1S/C15H21N5O/c1-20(11-13-17-7-8-18-13)14-9-16-10-15(19-14)21-12-5-3-2-4-6-12/h7-10,12H,2-6,11H2,1H3,(H,17,18). The Labute approximate surface area is 124 Å². The van der Waals surface area contributed by atoms with Crippen molar-refractivity contribution < 1.29 is 4.74 Å². The van der Waals surface area contributed by atoms with E-state index < -0.39 is 0 Å². The lowest BCUT2D eigenvalue weighted by molar-refractivity contribution is 0.148. The molecular formula is C15H21N5O. The summed E-state index contributed by atoms with van der Waals surface area (Å²) in [6.07, 6.45) is 13.3. The first kappa shape index (κ1) is 13.9. The maximum atomic E-state index is 5.96. The van der Waals surface area contributed by atoms with Crippen LogP contribution in [-0.2, 0) is 6.54 Å². The van der Waals surface area contributed by atoms with Crippen LogP contribution in [0.25, 0.3) is 0 Å². The third-order valence-electron chi connectivity index (χ3n) is 3.77. The maximum absolute atomic E-state index is 5.96. The second kappa shape index (κ2) is 6.56. The van der Waals surface area contributed by atoms with Crippen molar-refractivity contribution in [1.29, 1.82) is 0 Å². The number of nitrogens with one attached hydrogen (secondary N) is 1. The molecule has 1 fully saturated rings. The first-order chi connectivity index (χ1) is 10.3. The lowest BCUT2D eigenvalue weighted by atomic mass is 9.98. The molecule has 0 saturated heterocycles. The molecule has 0 atom stereocenters. The summed E-state index contributed by atoms with van der Waals surface area (Å²) in [5.41, 5.74) is 0. The lowest BCUT2D eigenvalue weighted by Gasteiger charge is -2.23. The van der Waals surface area contributed by atoms with Crippen LogP contribution >= 0.6 is 0 Å². The van der Waals surface area contributed by atoms with Gasteiger partial charge in [-0.3, -0.25) is 4.98 Å². The fraction of sp³-hybridized carbons (Fsp3) is 0.533. The van der Waals surface area contributed by atoms with Gasteiger partial charge >= 0.3 is 0 Å². The molecule has 3 rings (SSSR count). The Morgan fingerprint density at radius 3 is 2.90 bits per heavy atom. The van der Waals surface area contributed by atoms with Gasteiger partial charge < -0.3 is 14.6 Å². The predicted molar refractivity (Wildman–Crippen MR) is 80.2 cm³/mol. The van der Waals surface area contributed by atoms with Gasteiger partial charge in [-0.15, -0.1) is 0 Å². The SMILES string of the molecule is CN(Cc1ncc[nH]1)c1cncc(OC2CCCCC2)n1. The van der Waals surface area contributed by atoms with Crippen LogP contribution < -0.4 is 9.64 Å². The number of nitrogens with zero attached hydrogens (tertiary/aromatic N) is 4. The zero-order valence-electron chi connectivity index (χ0n) is 12.3. The summed E-state index contributed by atoms with van der Waals surface area (Å²) in [7, 11) is 1.97. The van der Waals surface area contributed by atoms with Crippen LogP contribution in [0.2, 0.25) is 0 Å². The smallest absolute Gasteiger partial charge is 0.234 e. The molecule has 0 unspecified atom stereocenters. The van der Waals surface area contributed by atoms with Crippen LogP contribution in [0.15, 0.2) is 24.8 Å². The Balaban J connectivity index is 1.64. The summed E-state index contributed by atoms with van der Waals surface area (Å²) < 4.78 is 5.96. The number of hydrogen-bond acceptors (Lipinski definition) is 5. The van der Waals surface area contributed by atoms with Gasteiger partial charge in [0.2, 0.25) is 5.88 Å². The van der Waals surface area contributed by atoms with Crippen molar-refractivity contribution in [2.24, 2.45) is 0 Å². The van der Waals surface area contributed by atoms with Crippen LogP contribution in [0, 0.1) is 0 Å². The Hall–Kier alpha value is -2.11. The Kier molecular flexibility index (Phi) is 4.33. The van der Waals surface area contributed by atoms with E-state index in [9.17, 15) is 0 Å². The molecule has 112 valence electrons. The topological polar surface area (TPSA) is 66.9 Å². The monoisotopic (exact) mass is 287 g/mol. The van der Waals surface area contributed by atoms with E-state index in [-0.39, 0.29) is 0 Å². The largest absolute Gasteiger partial charge is 0.473 e. The van der Waals surface area contributed by atoms with E-state index >= 15 is 0 Å². The van der Waals surface area contributed by atoms with E-state index in [2.05, 4.69) is 19.9 Å². The second-order valence-corrected chi connectivity index (χ2v) is 5.49. The van der Waals surface area contributed by atoms with Crippen molar-refractivity contribution in [3.63, 3.8) is 0 Å². The van der Waals surface area contributed by atoms with Gasteiger partial charge in [-0.1, -0.05) is 6.42 Å². The summed E-state index contributed by atoms with van der Waals surface area (Å²) in [5.74, 6) is 2.31. The normalized spacial score (nSPS) is 15.9. The molecule has 2 aromatic rings. The van der Waals surface area contributed by atoms with Crippen LogP contribution in [0.5, 0.6) is 5.88 Å².